The Morgan fingerprint density at radius 1 is 1.38 bits per heavy atom. The Morgan fingerprint density at radius 3 is 3.10 bits per heavy atom. The maximum atomic E-state index is 13.5. The first-order valence-electron chi connectivity index (χ1n) is 7.35. The molecule has 0 radical (unpaired) electrons. The first kappa shape index (κ1) is 14.1. The number of hydrogen-bond donors (Lipinski definition) is 1. The van der Waals surface area contributed by atoms with Crippen molar-refractivity contribution in [2.45, 2.75) is 6.42 Å². The largest absolute Gasteiger partial charge is 0.490 e. The van der Waals surface area contributed by atoms with E-state index in [1.54, 1.807) is 24.4 Å². The molecule has 1 aromatic carbocycles. The van der Waals surface area contributed by atoms with E-state index in [9.17, 15) is 4.39 Å². The van der Waals surface area contributed by atoms with Gasteiger partial charge in [-0.25, -0.2) is 4.39 Å². The Morgan fingerprint density at radius 2 is 2.29 bits per heavy atom. The minimum Gasteiger partial charge on any atom is -0.490 e. The van der Waals surface area contributed by atoms with E-state index in [-0.39, 0.29) is 5.82 Å². The van der Waals surface area contributed by atoms with Gasteiger partial charge in [-0.15, -0.1) is 0 Å². The van der Waals surface area contributed by atoms with E-state index in [1.807, 2.05) is 6.20 Å². The molecule has 2 heterocycles. The van der Waals surface area contributed by atoms with Gasteiger partial charge < -0.3 is 10.1 Å². The summed E-state index contributed by atoms with van der Waals surface area (Å²) >= 11 is 0. The van der Waals surface area contributed by atoms with E-state index in [0.717, 1.165) is 38.3 Å². The highest BCUT2D eigenvalue weighted by Gasteiger charge is 2.24. The number of halogens is 1. The minimum atomic E-state index is -0.290. The molecule has 1 atom stereocenters. The van der Waals surface area contributed by atoms with Crippen LogP contribution in [0.15, 0.2) is 41.7 Å². The fourth-order valence-electron chi connectivity index (χ4n) is 2.73. The fourth-order valence-corrected chi connectivity index (χ4v) is 2.73. The van der Waals surface area contributed by atoms with Crippen molar-refractivity contribution < 1.29 is 9.13 Å². The Kier molecular flexibility index (Phi) is 4.50. The summed E-state index contributed by atoms with van der Waals surface area (Å²) < 4.78 is 19.1. The van der Waals surface area contributed by atoms with Crippen LogP contribution in [0.3, 0.4) is 0 Å². The highest BCUT2D eigenvalue weighted by molar-refractivity contribution is 5.89. The molecule has 4 nitrogen and oxygen atoms in total. The topological polar surface area (TPSA) is 36.9 Å². The first-order valence-corrected chi connectivity index (χ1v) is 7.35. The van der Waals surface area contributed by atoms with Crippen molar-refractivity contribution in [2.24, 2.45) is 10.9 Å². The highest BCUT2D eigenvalue weighted by Crippen LogP contribution is 2.20. The molecular weight excluding hydrogens is 269 g/mol. The van der Waals surface area contributed by atoms with Crippen molar-refractivity contribution in [3.05, 3.63) is 42.5 Å². The van der Waals surface area contributed by atoms with Gasteiger partial charge in [-0.3, -0.25) is 9.89 Å². The Bertz CT molecular complexity index is 544. The van der Waals surface area contributed by atoms with Crippen molar-refractivity contribution in [2.75, 3.05) is 32.8 Å². The number of para-hydroxylation sites is 1. The van der Waals surface area contributed by atoms with Crippen LogP contribution in [0.25, 0.3) is 0 Å². The van der Waals surface area contributed by atoms with Crippen LogP contribution in [0.5, 0.6) is 5.75 Å². The Hall–Kier alpha value is -1.88. The second-order valence-electron chi connectivity index (χ2n) is 5.52. The number of nitrogens with one attached hydrogen (secondary N) is 1. The maximum absolute atomic E-state index is 13.5. The van der Waals surface area contributed by atoms with Crippen LogP contribution in [0.4, 0.5) is 4.39 Å². The predicted octanol–water partition coefficient (Wildman–Crippen LogP) is 2.04. The zero-order valence-corrected chi connectivity index (χ0v) is 12.0. The molecular formula is C16H20FN3O. The van der Waals surface area contributed by atoms with Gasteiger partial charge in [-0.2, -0.15) is 0 Å². The summed E-state index contributed by atoms with van der Waals surface area (Å²) in [5.41, 5.74) is 1.16. The van der Waals surface area contributed by atoms with Crippen molar-refractivity contribution in [1.82, 2.24) is 10.2 Å². The molecule has 0 spiro atoms. The average Bonchev–Trinajstić information content (AvgIpc) is 2.95. The van der Waals surface area contributed by atoms with Crippen LogP contribution >= 0.6 is 0 Å². The van der Waals surface area contributed by atoms with Crippen LogP contribution < -0.4 is 10.1 Å². The van der Waals surface area contributed by atoms with Gasteiger partial charge in [0.15, 0.2) is 11.6 Å². The summed E-state index contributed by atoms with van der Waals surface area (Å²) in [6.07, 6.45) is 4.75. The van der Waals surface area contributed by atoms with E-state index >= 15 is 0 Å². The first-order chi connectivity index (χ1) is 10.3. The molecule has 0 bridgehead atoms. The summed E-state index contributed by atoms with van der Waals surface area (Å²) in [5.74, 6) is 0.515. The van der Waals surface area contributed by atoms with Crippen LogP contribution in [0.2, 0.25) is 0 Å². The van der Waals surface area contributed by atoms with E-state index < -0.39 is 0 Å². The number of ether oxygens (including phenoxy) is 1. The number of hydrogen-bond acceptors (Lipinski definition) is 4. The lowest BCUT2D eigenvalue weighted by Crippen LogP contribution is -2.34. The van der Waals surface area contributed by atoms with Gasteiger partial charge in [-0.1, -0.05) is 12.1 Å². The highest BCUT2D eigenvalue weighted by atomic mass is 19.1. The van der Waals surface area contributed by atoms with Crippen molar-refractivity contribution in [3.63, 3.8) is 0 Å². The molecule has 21 heavy (non-hydrogen) atoms. The Balaban J connectivity index is 1.45. The lowest BCUT2D eigenvalue weighted by Gasteiger charge is -2.18. The Labute approximate surface area is 124 Å². The van der Waals surface area contributed by atoms with Crippen LogP contribution in [0, 0.1) is 11.7 Å². The van der Waals surface area contributed by atoms with Gasteiger partial charge >= 0.3 is 0 Å². The third kappa shape index (κ3) is 3.82. The number of benzene rings is 1. The van der Waals surface area contributed by atoms with Gasteiger partial charge in [0.2, 0.25) is 0 Å². The third-order valence-electron chi connectivity index (χ3n) is 3.84. The molecule has 0 aliphatic carbocycles. The molecule has 1 N–H and O–H groups in total. The molecule has 0 saturated carbocycles. The summed E-state index contributed by atoms with van der Waals surface area (Å²) in [5, 5.41) is 3.17. The molecule has 2 aliphatic rings. The van der Waals surface area contributed by atoms with Crippen LogP contribution in [-0.4, -0.2) is 43.4 Å². The molecule has 2 aliphatic heterocycles. The molecule has 0 aromatic heterocycles. The standard InChI is InChI=1S/C16H20FN3O/c17-15-3-1-2-4-16(15)21-12-13-5-8-20(10-13)11-14-9-18-6-7-19-14/h1-4,6-7,13,18H,5,8-12H2. The van der Waals surface area contributed by atoms with Gasteiger partial charge in [-0.05, 0) is 25.1 Å². The lowest BCUT2D eigenvalue weighted by molar-refractivity contribution is 0.237. The number of nitrogens with zero attached hydrogens (tertiary/aromatic N) is 2. The smallest absolute Gasteiger partial charge is 0.165 e. The number of aliphatic imine (C=N–C) groups is 1. The van der Waals surface area contributed by atoms with E-state index in [4.69, 9.17) is 4.74 Å². The number of likely N-dealkylation sites (tertiary alicyclic amines) is 1. The van der Waals surface area contributed by atoms with Gasteiger partial charge in [0.25, 0.3) is 0 Å². The minimum absolute atomic E-state index is 0.290. The lowest BCUT2D eigenvalue weighted by atomic mass is 10.1. The molecule has 1 aromatic rings. The summed E-state index contributed by atoms with van der Waals surface area (Å²) in [7, 11) is 0. The second-order valence-corrected chi connectivity index (χ2v) is 5.52. The monoisotopic (exact) mass is 289 g/mol. The SMILES string of the molecule is Fc1ccccc1OCC1CCN(CC2=NC=CNC2)C1. The summed E-state index contributed by atoms with van der Waals surface area (Å²) in [4.78, 5) is 6.76. The molecule has 5 heteroatoms. The van der Waals surface area contributed by atoms with Crippen molar-refractivity contribution >= 4 is 5.71 Å². The predicted molar refractivity (Wildman–Crippen MR) is 81.0 cm³/mol. The molecule has 1 unspecified atom stereocenters. The van der Waals surface area contributed by atoms with Gasteiger partial charge in [0, 0.05) is 31.4 Å². The average molecular weight is 289 g/mol. The number of rotatable bonds is 5. The van der Waals surface area contributed by atoms with E-state index in [1.165, 1.54) is 6.07 Å². The van der Waals surface area contributed by atoms with E-state index in [0.29, 0.717) is 18.3 Å². The summed E-state index contributed by atoms with van der Waals surface area (Å²) in [6, 6.07) is 6.57. The van der Waals surface area contributed by atoms with Crippen molar-refractivity contribution in [3.8, 4) is 5.75 Å². The fraction of sp³-hybridized carbons (Fsp3) is 0.438. The molecule has 1 saturated heterocycles. The van der Waals surface area contributed by atoms with Crippen LogP contribution in [0.1, 0.15) is 6.42 Å². The van der Waals surface area contributed by atoms with Crippen LogP contribution in [-0.2, 0) is 0 Å². The summed E-state index contributed by atoms with van der Waals surface area (Å²) in [6.45, 7) is 4.32. The molecule has 1 fully saturated rings. The third-order valence-corrected chi connectivity index (χ3v) is 3.84. The quantitative estimate of drug-likeness (QED) is 0.901. The zero-order valence-electron chi connectivity index (χ0n) is 12.0. The van der Waals surface area contributed by atoms with Gasteiger partial charge in [0.05, 0.1) is 18.9 Å². The molecule has 112 valence electrons. The van der Waals surface area contributed by atoms with Crippen molar-refractivity contribution in [1.29, 1.82) is 0 Å². The normalized spacial score (nSPS) is 22.0. The van der Waals surface area contributed by atoms with E-state index in [2.05, 4.69) is 15.2 Å². The van der Waals surface area contributed by atoms with Gasteiger partial charge in [0.1, 0.15) is 0 Å². The second kappa shape index (κ2) is 6.72. The zero-order chi connectivity index (χ0) is 14.5. The molecule has 0 amide bonds. The maximum Gasteiger partial charge on any atom is 0.165 e. The molecule has 3 rings (SSSR count).